The van der Waals surface area contributed by atoms with Crippen LogP contribution in [0.4, 0.5) is 5.69 Å². The van der Waals surface area contributed by atoms with Gasteiger partial charge in [0.1, 0.15) is 5.69 Å². The summed E-state index contributed by atoms with van der Waals surface area (Å²) in [5, 5.41) is 8.11. The summed E-state index contributed by atoms with van der Waals surface area (Å²) in [5.74, 6) is 1.66. The highest BCUT2D eigenvalue weighted by atomic mass is 16.4. The number of aromatic nitrogens is 5. The first-order valence-corrected chi connectivity index (χ1v) is 7.68. The molecule has 0 atom stereocenters. The molecule has 3 aromatic heterocycles. The molecule has 1 aliphatic rings. The van der Waals surface area contributed by atoms with Gasteiger partial charge in [0.05, 0.1) is 18.1 Å². The average Bonchev–Trinajstić information content (AvgIpc) is 3.23. The molecular formula is C16H16N6O2. The van der Waals surface area contributed by atoms with Crippen LogP contribution in [-0.2, 0) is 7.05 Å². The van der Waals surface area contributed by atoms with Crippen LogP contribution in [0, 0.1) is 0 Å². The van der Waals surface area contributed by atoms with Gasteiger partial charge < -0.3 is 13.9 Å². The third-order valence-corrected chi connectivity index (χ3v) is 4.10. The Hall–Kier alpha value is -3.03. The first kappa shape index (κ1) is 14.6. The zero-order valence-corrected chi connectivity index (χ0v) is 13.4. The number of imidazole rings is 1. The second-order valence-corrected chi connectivity index (χ2v) is 5.82. The molecule has 1 amide bonds. The Morgan fingerprint density at radius 3 is 2.88 bits per heavy atom. The smallest absolute Gasteiger partial charge is 0.283 e. The molecule has 0 saturated heterocycles. The molecule has 3 heterocycles. The van der Waals surface area contributed by atoms with Crippen molar-refractivity contribution in [3.8, 4) is 11.7 Å². The van der Waals surface area contributed by atoms with E-state index in [2.05, 4.69) is 20.2 Å². The van der Waals surface area contributed by atoms with E-state index >= 15 is 0 Å². The Morgan fingerprint density at radius 1 is 1.33 bits per heavy atom. The van der Waals surface area contributed by atoms with Crippen molar-refractivity contribution in [3.63, 3.8) is 0 Å². The number of amides is 1. The lowest BCUT2D eigenvalue weighted by Crippen LogP contribution is -2.28. The predicted molar refractivity (Wildman–Crippen MR) is 85.4 cm³/mol. The lowest BCUT2D eigenvalue weighted by molar-refractivity contribution is 0.0985. The van der Waals surface area contributed by atoms with E-state index in [1.807, 2.05) is 6.07 Å². The maximum absolute atomic E-state index is 12.7. The van der Waals surface area contributed by atoms with Crippen molar-refractivity contribution in [2.75, 3.05) is 11.9 Å². The molecule has 24 heavy (non-hydrogen) atoms. The molecule has 0 spiro atoms. The van der Waals surface area contributed by atoms with Gasteiger partial charge in [0.2, 0.25) is 5.89 Å². The van der Waals surface area contributed by atoms with E-state index in [1.54, 1.807) is 37.1 Å². The van der Waals surface area contributed by atoms with E-state index in [9.17, 15) is 4.79 Å². The topological polar surface area (TPSA) is 89.9 Å². The number of hydrogen-bond acceptors (Lipinski definition) is 6. The first-order valence-electron chi connectivity index (χ1n) is 7.68. The minimum atomic E-state index is -0.189. The fraction of sp³-hybridized carbons (Fsp3) is 0.312. The molecule has 0 aliphatic heterocycles. The van der Waals surface area contributed by atoms with E-state index in [0.29, 0.717) is 34.9 Å². The van der Waals surface area contributed by atoms with E-state index in [0.717, 1.165) is 12.8 Å². The summed E-state index contributed by atoms with van der Waals surface area (Å²) in [5.41, 5.74) is 1.14. The van der Waals surface area contributed by atoms with Gasteiger partial charge in [-0.15, -0.1) is 10.2 Å². The molecule has 0 N–H and O–H groups in total. The van der Waals surface area contributed by atoms with Crippen LogP contribution < -0.4 is 4.90 Å². The highest BCUT2D eigenvalue weighted by Gasteiger charge is 2.30. The van der Waals surface area contributed by atoms with Crippen molar-refractivity contribution in [2.45, 2.75) is 18.8 Å². The van der Waals surface area contributed by atoms with E-state index in [1.165, 1.54) is 11.1 Å². The number of rotatable bonds is 4. The molecule has 122 valence electrons. The Balaban J connectivity index is 1.62. The summed E-state index contributed by atoms with van der Waals surface area (Å²) < 4.78 is 7.34. The van der Waals surface area contributed by atoms with Gasteiger partial charge in [-0.05, 0) is 25.0 Å². The minimum absolute atomic E-state index is 0.189. The summed E-state index contributed by atoms with van der Waals surface area (Å²) in [4.78, 5) is 22.5. The molecular weight excluding hydrogens is 308 g/mol. The van der Waals surface area contributed by atoms with Crippen LogP contribution in [0.15, 0.2) is 35.1 Å². The zero-order chi connectivity index (χ0) is 16.7. The van der Waals surface area contributed by atoms with Gasteiger partial charge in [-0.25, -0.2) is 4.98 Å². The van der Waals surface area contributed by atoms with E-state index in [4.69, 9.17) is 4.42 Å². The lowest BCUT2D eigenvalue weighted by Gasteiger charge is -2.16. The molecule has 0 bridgehead atoms. The predicted octanol–water partition coefficient (Wildman–Crippen LogP) is 2.02. The summed E-state index contributed by atoms with van der Waals surface area (Å²) in [6.45, 7) is 0. The van der Waals surface area contributed by atoms with Crippen molar-refractivity contribution in [1.29, 1.82) is 0 Å². The molecule has 1 saturated carbocycles. The lowest BCUT2D eigenvalue weighted by atomic mass is 10.3. The quantitative estimate of drug-likeness (QED) is 0.729. The molecule has 1 fully saturated rings. The van der Waals surface area contributed by atoms with Gasteiger partial charge in [-0.2, -0.15) is 0 Å². The van der Waals surface area contributed by atoms with Crippen LogP contribution in [0.25, 0.3) is 11.7 Å². The summed E-state index contributed by atoms with van der Waals surface area (Å²) in [6.07, 6.45) is 6.99. The summed E-state index contributed by atoms with van der Waals surface area (Å²) in [7, 11) is 3.46. The fourth-order valence-electron chi connectivity index (χ4n) is 2.47. The number of nitrogens with zero attached hydrogens (tertiary/aromatic N) is 6. The standard InChI is InChI=1S/C16H16N6O2/c1-21(11-4-3-7-17-8-11)16(23)12-9-18-13(22(12)2)15-20-19-14(24-15)10-5-6-10/h3-4,7-10H,5-6H2,1-2H3. The van der Waals surface area contributed by atoms with Crippen LogP contribution in [0.5, 0.6) is 0 Å². The molecule has 1 aliphatic carbocycles. The Labute approximate surface area is 138 Å². The van der Waals surface area contributed by atoms with Gasteiger partial charge in [-0.1, -0.05) is 0 Å². The van der Waals surface area contributed by atoms with Crippen molar-refractivity contribution in [2.24, 2.45) is 7.05 Å². The van der Waals surface area contributed by atoms with E-state index in [-0.39, 0.29) is 5.91 Å². The highest BCUT2D eigenvalue weighted by molar-refractivity contribution is 6.04. The SMILES string of the molecule is CN(C(=O)c1cnc(-c2nnc(C3CC3)o2)n1C)c1cccnc1. The molecule has 8 nitrogen and oxygen atoms in total. The van der Waals surface area contributed by atoms with Crippen LogP contribution >= 0.6 is 0 Å². The van der Waals surface area contributed by atoms with Crippen LogP contribution in [0.3, 0.4) is 0 Å². The fourth-order valence-corrected chi connectivity index (χ4v) is 2.47. The average molecular weight is 324 g/mol. The van der Waals surface area contributed by atoms with Crippen molar-refractivity contribution >= 4 is 11.6 Å². The minimum Gasteiger partial charge on any atom is -0.418 e. The van der Waals surface area contributed by atoms with Crippen molar-refractivity contribution in [3.05, 3.63) is 42.3 Å². The third-order valence-electron chi connectivity index (χ3n) is 4.10. The second kappa shape index (κ2) is 5.55. The normalized spacial score (nSPS) is 13.9. The van der Waals surface area contributed by atoms with Gasteiger partial charge >= 0.3 is 0 Å². The first-order chi connectivity index (χ1) is 11.6. The molecule has 8 heteroatoms. The molecule has 0 aromatic carbocycles. The van der Waals surface area contributed by atoms with Crippen LogP contribution in [-0.4, -0.2) is 37.7 Å². The van der Waals surface area contributed by atoms with Gasteiger partial charge in [0.25, 0.3) is 11.8 Å². The maximum Gasteiger partial charge on any atom is 0.283 e. The largest absolute Gasteiger partial charge is 0.418 e. The monoisotopic (exact) mass is 324 g/mol. The van der Waals surface area contributed by atoms with Crippen LogP contribution in [0.1, 0.15) is 35.1 Å². The van der Waals surface area contributed by atoms with Gasteiger partial charge in [-0.3, -0.25) is 9.78 Å². The highest BCUT2D eigenvalue weighted by Crippen LogP contribution is 2.39. The zero-order valence-electron chi connectivity index (χ0n) is 13.4. The Morgan fingerprint density at radius 2 is 2.17 bits per heavy atom. The number of hydrogen-bond donors (Lipinski definition) is 0. The van der Waals surface area contributed by atoms with Gasteiger partial charge in [0.15, 0.2) is 5.82 Å². The van der Waals surface area contributed by atoms with Crippen molar-refractivity contribution in [1.82, 2.24) is 24.7 Å². The molecule has 0 unspecified atom stereocenters. The summed E-state index contributed by atoms with van der Waals surface area (Å²) in [6, 6.07) is 3.60. The van der Waals surface area contributed by atoms with E-state index < -0.39 is 0 Å². The van der Waals surface area contributed by atoms with Crippen molar-refractivity contribution < 1.29 is 9.21 Å². The second-order valence-electron chi connectivity index (χ2n) is 5.82. The number of pyridine rings is 1. The third kappa shape index (κ3) is 2.45. The molecule has 0 radical (unpaired) electrons. The molecule has 4 rings (SSSR count). The van der Waals surface area contributed by atoms with Crippen LogP contribution in [0.2, 0.25) is 0 Å². The Bertz CT molecular complexity index is 881. The Kier molecular flexibility index (Phi) is 3.37. The maximum atomic E-state index is 12.7. The number of carbonyl (C=O) groups excluding carboxylic acids is 1. The van der Waals surface area contributed by atoms with Gasteiger partial charge in [0, 0.05) is 26.2 Å². The molecule has 3 aromatic rings. The number of carbonyl (C=O) groups is 1. The number of anilines is 1. The summed E-state index contributed by atoms with van der Waals surface area (Å²) >= 11 is 0.